The Morgan fingerprint density at radius 2 is 2.00 bits per heavy atom. The van der Waals surface area contributed by atoms with Crippen LogP contribution in [-0.4, -0.2) is 11.6 Å². The number of rotatable bonds is 4. The van der Waals surface area contributed by atoms with Crippen LogP contribution in [-0.2, 0) is 9.53 Å². The summed E-state index contributed by atoms with van der Waals surface area (Å²) in [6, 6.07) is 0. The summed E-state index contributed by atoms with van der Waals surface area (Å²) in [6.07, 6.45) is 7.99. The molecule has 0 aromatic carbocycles. The van der Waals surface area contributed by atoms with E-state index in [2.05, 4.69) is 13.2 Å². The van der Waals surface area contributed by atoms with Crippen molar-refractivity contribution in [3.63, 3.8) is 0 Å². The third-order valence-electron chi connectivity index (χ3n) is 1.81. The number of carbonyl (C=O) groups is 1. The number of hydrogen-bond acceptors (Lipinski definition) is 2. The minimum absolute atomic E-state index is 0.279. The summed E-state index contributed by atoms with van der Waals surface area (Å²) in [5.41, 5.74) is -0.499. The van der Waals surface area contributed by atoms with Crippen LogP contribution in [0.25, 0.3) is 0 Å². The van der Waals surface area contributed by atoms with Crippen LogP contribution in [0.1, 0.15) is 12.8 Å². The second-order valence-corrected chi connectivity index (χ2v) is 2.80. The Morgan fingerprint density at radius 3 is 2.33 bits per heavy atom. The van der Waals surface area contributed by atoms with Gasteiger partial charge >= 0.3 is 5.97 Å². The van der Waals surface area contributed by atoms with Gasteiger partial charge in [0.05, 0.1) is 0 Å². The van der Waals surface area contributed by atoms with Crippen molar-refractivity contribution >= 4 is 5.97 Å². The van der Waals surface area contributed by atoms with Crippen molar-refractivity contribution in [1.82, 2.24) is 0 Å². The quantitative estimate of drug-likeness (QED) is 0.469. The van der Waals surface area contributed by atoms with Gasteiger partial charge in [-0.3, -0.25) is 0 Å². The van der Waals surface area contributed by atoms with E-state index in [4.69, 9.17) is 4.74 Å². The lowest BCUT2D eigenvalue weighted by molar-refractivity contribution is -0.145. The van der Waals surface area contributed by atoms with E-state index in [1.807, 2.05) is 0 Å². The number of ether oxygens (including phenoxy) is 1. The molecule has 1 aliphatic rings. The second kappa shape index (κ2) is 3.39. The van der Waals surface area contributed by atoms with Crippen molar-refractivity contribution in [3.05, 3.63) is 37.5 Å². The zero-order valence-corrected chi connectivity index (χ0v) is 6.95. The van der Waals surface area contributed by atoms with Gasteiger partial charge in [0.2, 0.25) is 0 Å². The van der Waals surface area contributed by atoms with Gasteiger partial charge in [-0.25, -0.2) is 4.79 Å². The summed E-state index contributed by atoms with van der Waals surface area (Å²) >= 11 is 0. The maximum Gasteiger partial charge on any atom is 0.331 e. The molecule has 2 heteroatoms. The summed E-state index contributed by atoms with van der Waals surface area (Å²) < 4.78 is 5.14. The fourth-order valence-corrected chi connectivity index (χ4v) is 1.28. The topological polar surface area (TPSA) is 26.3 Å². The zero-order chi connectivity index (χ0) is 9.03. The molecular formula is C10H12O2. The Balaban J connectivity index is 2.74. The van der Waals surface area contributed by atoms with Crippen molar-refractivity contribution in [2.45, 2.75) is 18.4 Å². The Labute approximate surface area is 72.2 Å². The predicted molar refractivity (Wildman–Crippen MR) is 47.6 cm³/mol. The molecule has 0 radical (unpaired) electrons. The summed E-state index contributed by atoms with van der Waals surface area (Å²) in [6.45, 7) is 7.23. The van der Waals surface area contributed by atoms with Crippen molar-refractivity contribution in [1.29, 1.82) is 0 Å². The fourth-order valence-electron chi connectivity index (χ4n) is 1.28. The first-order valence-electron chi connectivity index (χ1n) is 3.86. The molecule has 0 saturated carbocycles. The number of hydrogen-bond donors (Lipinski definition) is 0. The first-order valence-corrected chi connectivity index (χ1v) is 3.86. The van der Waals surface area contributed by atoms with E-state index in [0.29, 0.717) is 12.8 Å². The molecule has 0 bridgehead atoms. The van der Waals surface area contributed by atoms with E-state index in [9.17, 15) is 4.79 Å². The summed E-state index contributed by atoms with van der Waals surface area (Å²) in [4.78, 5) is 10.8. The highest BCUT2D eigenvalue weighted by atomic mass is 16.6. The normalized spacial score (nSPS) is 18.8. The third kappa shape index (κ3) is 1.64. The Hall–Kier alpha value is -1.31. The SMILES string of the molecule is C=CCC1(CC=C)C=CC(=O)O1. The molecule has 1 heterocycles. The van der Waals surface area contributed by atoms with E-state index in [1.165, 1.54) is 6.08 Å². The Bertz CT molecular complexity index is 228. The van der Waals surface area contributed by atoms with Crippen LogP contribution in [0.3, 0.4) is 0 Å². The minimum atomic E-state index is -0.499. The highest BCUT2D eigenvalue weighted by Crippen LogP contribution is 2.28. The van der Waals surface area contributed by atoms with Gasteiger partial charge < -0.3 is 4.74 Å². The average Bonchev–Trinajstić information content (AvgIpc) is 2.34. The molecule has 0 amide bonds. The predicted octanol–water partition coefficient (Wildman–Crippen LogP) is 1.99. The summed E-state index contributed by atoms with van der Waals surface area (Å²) in [5, 5.41) is 0. The summed E-state index contributed by atoms with van der Waals surface area (Å²) in [7, 11) is 0. The maximum atomic E-state index is 10.8. The van der Waals surface area contributed by atoms with Gasteiger partial charge in [-0.05, 0) is 6.08 Å². The van der Waals surface area contributed by atoms with Crippen LogP contribution in [0.5, 0.6) is 0 Å². The molecule has 0 saturated heterocycles. The number of carbonyl (C=O) groups excluding carboxylic acids is 1. The molecule has 0 fully saturated rings. The standard InChI is InChI=1S/C10H12O2/c1-3-6-10(7-4-2)8-5-9(11)12-10/h3-5,8H,1-2,6-7H2. The monoisotopic (exact) mass is 164 g/mol. The van der Waals surface area contributed by atoms with Gasteiger partial charge in [0, 0.05) is 18.9 Å². The molecule has 0 spiro atoms. The van der Waals surface area contributed by atoms with Crippen LogP contribution in [0.2, 0.25) is 0 Å². The van der Waals surface area contributed by atoms with Crippen molar-refractivity contribution in [2.75, 3.05) is 0 Å². The minimum Gasteiger partial charge on any atom is -0.451 e. The lowest BCUT2D eigenvalue weighted by Gasteiger charge is -2.23. The lowest BCUT2D eigenvalue weighted by atomic mass is 9.96. The van der Waals surface area contributed by atoms with Crippen LogP contribution in [0.15, 0.2) is 37.5 Å². The lowest BCUT2D eigenvalue weighted by Crippen LogP contribution is -2.26. The Kier molecular flexibility index (Phi) is 2.48. The molecule has 0 unspecified atom stereocenters. The molecule has 0 N–H and O–H groups in total. The van der Waals surface area contributed by atoms with E-state index >= 15 is 0 Å². The molecular weight excluding hydrogens is 152 g/mol. The van der Waals surface area contributed by atoms with Crippen molar-refractivity contribution < 1.29 is 9.53 Å². The summed E-state index contributed by atoms with van der Waals surface area (Å²) in [5.74, 6) is -0.279. The van der Waals surface area contributed by atoms with Gasteiger partial charge in [-0.2, -0.15) is 0 Å². The van der Waals surface area contributed by atoms with Crippen LogP contribution in [0, 0.1) is 0 Å². The second-order valence-electron chi connectivity index (χ2n) is 2.80. The first-order chi connectivity index (χ1) is 5.72. The molecule has 0 aromatic rings. The molecule has 1 aliphatic heterocycles. The Morgan fingerprint density at radius 1 is 1.42 bits per heavy atom. The molecule has 0 aliphatic carbocycles. The highest BCUT2D eigenvalue weighted by molar-refractivity contribution is 5.85. The van der Waals surface area contributed by atoms with Gasteiger partial charge in [0.25, 0.3) is 0 Å². The number of esters is 1. The molecule has 1 rings (SSSR count). The van der Waals surface area contributed by atoms with Gasteiger partial charge in [-0.15, -0.1) is 13.2 Å². The van der Waals surface area contributed by atoms with Gasteiger partial charge in [0.15, 0.2) is 0 Å². The maximum absolute atomic E-state index is 10.8. The van der Waals surface area contributed by atoms with Crippen molar-refractivity contribution in [3.8, 4) is 0 Å². The molecule has 12 heavy (non-hydrogen) atoms. The largest absolute Gasteiger partial charge is 0.451 e. The van der Waals surface area contributed by atoms with E-state index < -0.39 is 5.60 Å². The fraction of sp³-hybridized carbons (Fsp3) is 0.300. The zero-order valence-electron chi connectivity index (χ0n) is 6.95. The average molecular weight is 164 g/mol. The van der Waals surface area contributed by atoms with E-state index in [1.54, 1.807) is 18.2 Å². The highest BCUT2D eigenvalue weighted by Gasteiger charge is 2.32. The smallest absolute Gasteiger partial charge is 0.331 e. The van der Waals surface area contributed by atoms with Gasteiger partial charge in [-0.1, -0.05) is 12.2 Å². The molecule has 0 atom stereocenters. The van der Waals surface area contributed by atoms with Crippen LogP contribution in [0.4, 0.5) is 0 Å². The third-order valence-corrected chi connectivity index (χ3v) is 1.81. The molecule has 2 nitrogen and oxygen atoms in total. The number of cyclic esters (lactones) is 1. The molecule has 64 valence electrons. The molecule has 0 aromatic heterocycles. The first kappa shape index (κ1) is 8.78. The van der Waals surface area contributed by atoms with Crippen molar-refractivity contribution in [2.24, 2.45) is 0 Å². The van der Waals surface area contributed by atoms with E-state index in [0.717, 1.165) is 0 Å². The van der Waals surface area contributed by atoms with E-state index in [-0.39, 0.29) is 5.97 Å². The van der Waals surface area contributed by atoms with Crippen LogP contribution < -0.4 is 0 Å². The van der Waals surface area contributed by atoms with Crippen LogP contribution >= 0.6 is 0 Å². The van der Waals surface area contributed by atoms with Gasteiger partial charge in [0.1, 0.15) is 5.60 Å².